The molecule has 1 atom stereocenters. The van der Waals surface area contributed by atoms with Gasteiger partial charge < -0.3 is 14.8 Å². The molecule has 0 saturated heterocycles. The minimum absolute atomic E-state index is 0.00682. The molecule has 5 heteroatoms. The smallest absolute Gasteiger partial charge is 0.260 e. The number of rotatable bonds is 7. The number of ether oxygens (including phenoxy) is 2. The summed E-state index contributed by atoms with van der Waals surface area (Å²) in [6, 6.07) is 15.4. The second-order valence-electron chi connectivity index (χ2n) is 7.10. The van der Waals surface area contributed by atoms with Crippen molar-refractivity contribution in [3.8, 4) is 11.5 Å². The van der Waals surface area contributed by atoms with Crippen LogP contribution in [0.2, 0.25) is 0 Å². The second-order valence-corrected chi connectivity index (χ2v) is 8.02. The van der Waals surface area contributed by atoms with E-state index in [1.54, 1.807) is 6.92 Å². The van der Waals surface area contributed by atoms with Crippen molar-refractivity contribution in [2.24, 2.45) is 0 Å². The number of amides is 1. The molecule has 0 spiro atoms. The highest BCUT2D eigenvalue weighted by atomic mass is 79.9. The number of para-hydroxylation sites is 1. The molecular weight excluding hydrogens is 394 g/mol. The van der Waals surface area contributed by atoms with Gasteiger partial charge in [-0.15, -0.1) is 0 Å². The van der Waals surface area contributed by atoms with Gasteiger partial charge in [-0.1, -0.05) is 54.9 Å². The Bertz CT molecular complexity index is 723. The van der Waals surface area contributed by atoms with Crippen LogP contribution >= 0.6 is 15.9 Å². The molecule has 0 fully saturated rings. The van der Waals surface area contributed by atoms with Gasteiger partial charge in [0.1, 0.15) is 18.1 Å². The molecule has 140 valence electrons. The van der Waals surface area contributed by atoms with Crippen LogP contribution in [-0.2, 0) is 10.2 Å². The van der Waals surface area contributed by atoms with E-state index in [2.05, 4.69) is 48.1 Å². The second kappa shape index (κ2) is 9.08. The Kier molecular flexibility index (Phi) is 7.09. The lowest BCUT2D eigenvalue weighted by atomic mass is 9.86. The van der Waals surface area contributed by atoms with E-state index >= 15 is 0 Å². The summed E-state index contributed by atoms with van der Waals surface area (Å²) in [5, 5.41) is 2.84. The molecule has 4 nitrogen and oxygen atoms in total. The van der Waals surface area contributed by atoms with Crippen LogP contribution in [-0.4, -0.2) is 25.2 Å². The lowest BCUT2D eigenvalue weighted by Gasteiger charge is -2.22. The van der Waals surface area contributed by atoms with E-state index in [9.17, 15) is 4.79 Å². The number of halogens is 1. The van der Waals surface area contributed by atoms with Crippen molar-refractivity contribution in [1.82, 2.24) is 5.32 Å². The Morgan fingerprint density at radius 3 is 2.42 bits per heavy atom. The van der Waals surface area contributed by atoms with Crippen LogP contribution in [0.3, 0.4) is 0 Å². The van der Waals surface area contributed by atoms with Crippen LogP contribution in [0.15, 0.2) is 53.0 Å². The summed E-state index contributed by atoms with van der Waals surface area (Å²) in [5.41, 5.74) is 1.16. The molecule has 0 aliphatic rings. The van der Waals surface area contributed by atoms with Gasteiger partial charge in [0.15, 0.2) is 6.10 Å². The van der Waals surface area contributed by atoms with Crippen molar-refractivity contribution < 1.29 is 14.3 Å². The van der Waals surface area contributed by atoms with E-state index < -0.39 is 6.10 Å². The van der Waals surface area contributed by atoms with Gasteiger partial charge in [0.25, 0.3) is 5.91 Å². The molecule has 0 aromatic heterocycles. The lowest BCUT2D eigenvalue weighted by Crippen LogP contribution is -2.38. The zero-order valence-corrected chi connectivity index (χ0v) is 17.3. The van der Waals surface area contributed by atoms with Crippen molar-refractivity contribution in [3.63, 3.8) is 0 Å². The predicted octanol–water partition coefficient (Wildman–Crippen LogP) is 4.71. The Morgan fingerprint density at radius 2 is 1.77 bits per heavy atom. The first-order valence-corrected chi connectivity index (χ1v) is 9.49. The maximum Gasteiger partial charge on any atom is 0.260 e. The van der Waals surface area contributed by atoms with Crippen molar-refractivity contribution in [1.29, 1.82) is 0 Å². The van der Waals surface area contributed by atoms with Gasteiger partial charge in [0.05, 0.1) is 6.54 Å². The third-order valence-corrected chi connectivity index (χ3v) is 4.38. The summed E-state index contributed by atoms with van der Waals surface area (Å²) < 4.78 is 12.5. The van der Waals surface area contributed by atoms with Crippen molar-refractivity contribution in [3.05, 3.63) is 58.6 Å². The molecule has 2 aromatic carbocycles. The Labute approximate surface area is 164 Å². The molecule has 0 aliphatic heterocycles. The van der Waals surface area contributed by atoms with E-state index in [0.717, 1.165) is 15.8 Å². The number of carbonyl (C=O) groups is 1. The standard InChI is InChI=1S/C21H26BrNO3/c1-15(26-17-11-9-16(22)10-12-17)20(24)23-13-14-25-19-8-6-5-7-18(19)21(2,3)4/h5-12,15H,13-14H2,1-4H3,(H,23,24)/t15-/m0/s1. The zero-order valence-electron chi connectivity index (χ0n) is 15.7. The fraction of sp³-hybridized carbons (Fsp3) is 0.381. The first-order chi connectivity index (χ1) is 12.3. The van der Waals surface area contributed by atoms with Crippen LogP contribution in [0.5, 0.6) is 11.5 Å². The first-order valence-electron chi connectivity index (χ1n) is 8.69. The number of carbonyl (C=O) groups excluding carboxylic acids is 1. The fourth-order valence-corrected chi connectivity index (χ4v) is 2.73. The minimum atomic E-state index is -0.571. The number of hydrogen-bond acceptors (Lipinski definition) is 3. The van der Waals surface area contributed by atoms with E-state index in [1.165, 1.54) is 0 Å². The van der Waals surface area contributed by atoms with Crippen LogP contribution in [0.1, 0.15) is 33.3 Å². The number of hydrogen-bond donors (Lipinski definition) is 1. The van der Waals surface area contributed by atoms with E-state index in [-0.39, 0.29) is 11.3 Å². The van der Waals surface area contributed by atoms with Crippen molar-refractivity contribution in [2.75, 3.05) is 13.2 Å². The highest BCUT2D eigenvalue weighted by Gasteiger charge is 2.18. The van der Waals surface area contributed by atoms with Crippen molar-refractivity contribution in [2.45, 2.75) is 39.2 Å². The monoisotopic (exact) mass is 419 g/mol. The predicted molar refractivity (Wildman–Crippen MR) is 108 cm³/mol. The molecule has 1 N–H and O–H groups in total. The lowest BCUT2D eigenvalue weighted by molar-refractivity contribution is -0.127. The summed E-state index contributed by atoms with van der Waals surface area (Å²) in [5.74, 6) is 1.35. The van der Waals surface area contributed by atoms with Gasteiger partial charge >= 0.3 is 0 Å². The minimum Gasteiger partial charge on any atom is -0.491 e. The maximum absolute atomic E-state index is 12.2. The molecule has 0 aliphatic carbocycles. The van der Waals surface area contributed by atoms with Gasteiger partial charge in [-0.3, -0.25) is 4.79 Å². The summed E-state index contributed by atoms with van der Waals surface area (Å²) in [6.07, 6.45) is -0.571. The van der Waals surface area contributed by atoms with E-state index in [0.29, 0.717) is 18.9 Å². The molecule has 0 radical (unpaired) electrons. The van der Waals surface area contributed by atoms with Gasteiger partial charge in [-0.25, -0.2) is 0 Å². The van der Waals surface area contributed by atoms with Crippen molar-refractivity contribution >= 4 is 21.8 Å². The zero-order chi connectivity index (χ0) is 19.2. The number of nitrogens with one attached hydrogen (secondary N) is 1. The first kappa shape index (κ1) is 20.3. The normalized spacial score (nSPS) is 12.3. The summed E-state index contributed by atoms with van der Waals surface area (Å²) in [4.78, 5) is 12.2. The molecule has 0 unspecified atom stereocenters. The third kappa shape index (κ3) is 6.06. The van der Waals surface area contributed by atoms with Crippen LogP contribution in [0, 0.1) is 0 Å². The van der Waals surface area contributed by atoms with E-state index in [1.807, 2.05) is 42.5 Å². The van der Waals surface area contributed by atoms with Crippen LogP contribution < -0.4 is 14.8 Å². The van der Waals surface area contributed by atoms with Crippen LogP contribution in [0.25, 0.3) is 0 Å². The highest BCUT2D eigenvalue weighted by molar-refractivity contribution is 9.10. The Balaban J connectivity index is 1.79. The maximum atomic E-state index is 12.2. The largest absolute Gasteiger partial charge is 0.491 e. The van der Waals surface area contributed by atoms with Gasteiger partial charge in [-0.2, -0.15) is 0 Å². The fourth-order valence-electron chi connectivity index (χ4n) is 2.46. The molecule has 0 heterocycles. The SMILES string of the molecule is C[C@H](Oc1ccc(Br)cc1)C(=O)NCCOc1ccccc1C(C)(C)C. The molecular formula is C21H26BrNO3. The molecule has 1 amide bonds. The highest BCUT2D eigenvalue weighted by Crippen LogP contribution is 2.30. The topological polar surface area (TPSA) is 47.6 Å². The quantitative estimate of drug-likeness (QED) is 0.660. The Morgan fingerprint density at radius 1 is 1.12 bits per heavy atom. The van der Waals surface area contributed by atoms with E-state index in [4.69, 9.17) is 9.47 Å². The van der Waals surface area contributed by atoms with Gasteiger partial charge in [-0.05, 0) is 48.2 Å². The van der Waals surface area contributed by atoms with Crippen LogP contribution in [0.4, 0.5) is 0 Å². The number of benzene rings is 2. The molecule has 2 aromatic rings. The molecule has 2 rings (SSSR count). The summed E-state index contributed by atoms with van der Waals surface area (Å²) in [6.45, 7) is 9.01. The average Bonchev–Trinajstić information content (AvgIpc) is 2.60. The third-order valence-electron chi connectivity index (χ3n) is 3.85. The summed E-state index contributed by atoms with van der Waals surface area (Å²) >= 11 is 3.37. The molecule has 26 heavy (non-hydrogen) atoms. The van der Waals surface area contributed by atoms with Gasteiger partial charge in [0, 0.05) is 4.47 Å². The molecule has 0 bridgehead atoms. The Hall–Kier alpha value is -2.01. The summed E-state index contributed by atoms with van der Waals surface area (Å²) in [7, 11) is 0. The average molecular weight is 420 g/mol. The van der Waals surface area contributed by atoms with Gasteiger partial charge in [0.2, 0.25) is 0 Å². The molecule has 0 saturated carbocycles.